The fourth-order valence-electron chi connectivity index (χ4n) is 3.24. The van der Waals surface area contributed by atoms with Crippen molar-refractivity contribution in [2.24, 2.45) is 5.92 Å². The Balaban J connectivity index is 1.94. The molecule has 2 rings (SSSR count). The summed E-state index contributed by atoms with van der Waals surface area (Å²) in [5.74, 6) is -2.62. The normalized spacial score (nSPS) is 16.2. The lowest BCUT2D eigenvalue weighted by Crippen LogP contribution is -2.45. The molecule has 0 bridgehead atoms. The van der Waals surface area contributed by atoms with Crippen LogP contribution < -0.4 is 5.32 Å². The number of carbonyl (C=O) groups is 3. The Bertz CT molecular complexity index is 773. The van der Waals surface area contributed by atoms with Gasteiger partial charge < -0.3 is 19.5 Å². The van der Waals surface area contributed by atoms with Gasteiger partial charge in [0.05, 0.1) is 12.2 Å². The lowest BCUT2D eigenvalue weighted by atomic mass is 10.0. The van der Waals surface area contributed by atoms with Gasteiger partial charge in [0.1, 0.15) is 0 Å². The Morgan fingerprint density at radius 2 is 1.68 bits per heavy atom. The SMILES string of the molecule is CCCCC(CC)COC(=O)c1ccc(NC=C2C(=O)OC(CC)(CC)OC2=O)cc1. The first kappa shape index (κ1) is 24.4. The number of unbranched alkanes of at least 4 members (excludes halogenated alkanes) is 1. The van der Waals surface area contributed by atoms with Gasteiger partial charge in [-0.25, -0.2) is 14.4 Å². The van der Waals surface area contributed by atoms with Crippen LogP contribution in [0.3, 0.4) is 0 Å². The fourth-order valence-corrected chi connectivity index (χ4v) is 3.24. The predicted molar refractivity (Wildman–Crippen MR) is 117 cm³/mol. The third-order valence-corrected chi connectivity index (χ3v) is 5.57. The van der Waals surface area contributed by atoms with Crippen LogP contribution >= 0.6 is 0 Å². The maximum Gasteiger partial charge on any atom is 0.350 e. The summed E-state index contributed by atoms with van der Waals surface area (Å²) in [7, 11) is 0. The molecule has 0 aliphatic carbocycles. The zero-order valence-corrected chi connectivity index (χ0v) is 18.9. The van der Waals surface area contributed by atoms with Crippen LogP contribution in [0.15, 0.2) is 36.0 Å². The molecule has 1 fully saturated rings. The highest BCUT2D eigenvalue weighted by atomic mass is 16.7. The van der Waals surface area contributed by atoms with E-state index in [4.69, 9.17) is 14.2 Å². The molecule has 170 valence electrons. The molecule has 1 saturated heterocycles. The highest BCUT2D eigenvalue weighted by molar-refractivity contribution is 6.15. The summed E-state index contributed by atoms with van der Waals surface area (Å²) < 4.78 is 16.1. The smallest absolute Gasteiger partial charge is 0.350 e. The molecule has 7 nitrogen and oxygen atoms in total. The van der Waals surface area contributed by atoms with E-state index in [1.807, 2.05) is 0 Å². The summed E-state index contributed by atoms with van der Waals surface area (Å²) in [6.45, 7) is 8.25. The molecular weight excluding hydrogens is 398 g/mol. The maximum absolute atomic E-state index is 12.3. The quantitative estimate of drug-likeness (QED) is 0.300. The van der Waals surface area contributed by atoms with Gasteiger partial charge in [0.15, 0.2) is 5.57 Å². The van der Waals surface area contributed by atoms with E-state index in [9.17, 15) is 14.4 Å². The van der Waals surface area contributed by atoms with Gasteiger partial charge >= 0.3 is 17.9 Å². The zero-order chi connectivity index (χ0) is 22.9. The van der Waals surface area contributed by atoms with Gasteiger partial charge in [-0.2, -0.15) is 0 Å². The number of esters is 3. The fraction of sp³-hybridized carbons (Fsp3) is 0.542. The molecule has 1 unspecified atom stereocenters. The second-order valence-electron chi connectivity index (χ2n) is 7.69. The number of nitrogens with one attached hydrogen (secondary N) is 1. The first-order chi connectivity index (χ1) is 14.9. The van der Waals surface area contributed by atoms with Gasteiger partial charge in [-0.15, -0.1) is 0 Å². The Labute approximate surface area is 184 Å². The van der Waals surface area contributed by atoms with Crippen LogP contribution in [0.5, 0.6) is 0 Å². The molecule has 0 radical (unpaired) electrons. The summed E-state index contributed by atoms with van der Waals surface area (Å²) in [6, 6.07) is 6.60. The molecule has 1 aliphatic rings. The molecule has 0 aromatic heterocycles. The summed E-state index contributed by atoms with van der Waals surface area (Å²) in [6.07, 6.45) is 6.32. The summed E-state index contributed by atoms with van der Waals surface area (Å²) in [4.78, 5) is 36.7. The van der Waals surface area contributed by atoms with Gasteiger partial charge in [0.25, 0.3) is 5.79 Å². The molecule has 1 aromatic carbocycles. The largest absolute Gasteiger partial charge is 0.462 e. The third-order valence-electron chi connectivity index (χ3n) is 5.57. The van der Waals surface area contributed by atoms with Crippen molar-refractivity contribution in [3.8, 4) is 0 Å². The molecule has 1 N–H and O–H groups in total. The van der Waals surface area contributed by atoms with Crippen molar-refractivity contribution in [2.45, 2.75) is 72.0 Å². The Morgan fingerprint density at radius 3 is 2.19 bits per heavy atom. The second kappa shape index (κ2) is 11.5. The number of cyclic esters (lactones) is 2. The number of anilines is 1. The van der Waals surface area contributed by atoms with Gasteiger partial charge in [0.2, 0.25) is 0 Å². The van der Waals surface area contributed by atoms with E-state index in [0.717, 1.165) is 25.7 Å². The molecular formula is C24H33NO6. The molecule has 31 heavy (non-hydrogen) atoms. The number of hydrogen-bond donors (Lipinski definition) is 1. The molecule has 7 heteroatoms. The van der Waals surface area contributed by atoms with Crippen LogP contribution in [0.4, 0.5) is 5.69 Å². The summed E-state index contributed by atoms with van der Waals surface area (Å²) in [5.41, 5.74) is 0.830. The van der Waals surface area contributed by atoms with Crippen LogP contribution in [-0.4, -0.2) is 30.3 Å². The highest BCUT2D eigenvalue weighted by Crippen LogP contribution is 2.29. The van der Waals surface area contributed by atoms with Crippen LogP contribution in [0.1, 0.15) is 76.6 Å². The average molecular weight is 432 g/mol. The molecule has 1 atom stereocenters. The minimum Gasteiger partial charge on any atom is -0.462 e. The lowest BCUT2D eigenvalue weighted by Gasteiger charge is -2.34. The van der Waals surface area contributed by atoms with E-state index in [-0.39, 0.29) is 11.5 Å². The van der Waals surface area contributed by atoms with E-state index in [1.54, 1.807) is 38.1 Å². The molecule has 1 aromatic rings. The van der Waals surface area contributed by atoms with Gasteiger partial charge in [0, 0.05) is 24.7 Å². The Morgan fingerprint density at radius 1 is 1.06 bits per heavy atom. The van der Waals surface area contributed by atoms with Crippen molar-refractivity contribution in [1.82, 2.24) is 0 Å². The van der Waals surface area contributed by atoms with E-state index in [1.165, 1.54) is 6.20 Å². The molecule has 0 saturated carbocycles. The minimum absolute atomic E-state index is 0.210. The predicted octanol–water partition coefficient (Wildman–Crippen LogP) is 4.97. The number of carbonyl (C=O) groups excluding carboxylic acids is 3. The van der Waals surface area contributed by atoms with Crippen molar-refractivity contribution in [3.63, 3.8) is 0 Å². The first-order valence-corrected chi connectivity index (χ1v) is 11.1. The van der Waals surface area contributed by atoms with E-state index < -0.39 is 17.7 Å². The van der Waals surface area contributed by atoms with E-state index >= 15 is 0 Å². The van der Waals surface area contributed by atoms with Crippen molar-refractivity contribution < 1.29 is 28.6 Å². The van der Waals surface area contributed by atoms with Gasteiger partial charge in [-0.05, 0) is 36.6 Å². The van der Waals surface area contributed by atoms with Crippen LogP contribution in [0.25, 0.3) is 0 Å². The van der Waals surface area contributed by atoms with Crippen LogP contribution in [-0.2, 0) is 23.8 Å². The average Bonchev–Trinajstić information content (AvgIpc) is 2.78. The van der Waals surface area contributed by atoms with Crippen molar-refractivity contribution in [1.29, 1.82) is 0 Å². The van der Waals surface area contributed by atoms with Crippen molar-refractivity contribution >= 4 is 23.6 Å². The van der Waals surface area contributed by atoms with Crippen molar-refractivity contribution in [2.75, 3.05) is 11.9 Å². The second-order valence-corrected chi connectivity index (χ2v) is 7.69. The Kier molecular flexibility index (Phi) is 9.09. The molecule has 1 heterocycles. The van der Waals surface area contributed by atoms with Crippen molar-refractivity contribution in [3.05, 3.63) is 41.6 Å². The first-order valence-electron chi connectivity index (χ1n) is 11.1. The minimum atomic E-state index is -1.19. The highest BCUT2D eigenvalue weighted by Gasteiger charge is 2.43. The summed E-state index contributed by atoms with van der Waals surface area (Å²) in [5, 5.41) is 2.87. The molecule has 1 aliphatic heterocycles. The molecule has 0 amide bonds. The number of hydrogen-bond acceptors (Lipinski definition) is 7. The van der Waals surface area contributed by atoms with Gasteiger partial charge in [-0.3, -0.25) is 0 Å². The van der Waals surface area contributed by atoms with E-state index in [2.05, 4.69) is 19.2 Å². The van der Waals surface area contributed by atoms with E-state index in [0.29, 0.717) is 36.6 Å². The molecule has 0 spiro atoms. The standard InChI is InChI=1S/C24H33NO6/c1-5-9-10-17(6-2)16-29-21(26)18-11-13-19(14-12-18)25-15-20-22(27)30-24(7-3,8-4)31-23(20)28/h11-15,17,25H,5-10,16H2,1-4H3. The van der Waals surface area contributed by atoms with Crippen LogP contribution in [0.2, 0.25) is 0 Å². The Hall–Kier alpha value is -2.83. The number of ether oxygens (including phenoxy) is 3. The zero-order valence-electron chi connectivity index (χ0n) is 18.9. The summed E-state index contributed by atoms with van der Waals surface area (Å²) >= 11 is 0. The number of rotatable bonds is 11. The monoisotopic (exact) mass is 431 g/mol. The maximum atomic E-state index is 12.3. The number of benzene rings is 1. The van der Waals surface area contributed by atoms with Crippen LogP contribution in [0, 0.1) is 5.92 Å². The topological polar surface area (TPSA) is 90.9 Å². The lowest BCUT2D eigenvalue weighted by molar-refractivity contribution is -0.237. The van der Waals surface area contributed by atoms with Gasteiger partial charge in [-0.1, -0.05) is 47.0 Å². The third kappa shape index (κ3) is 6.57.